The number of amides is 1. The molecule has 1 saturated heterocycles. The molecule has 0 bridgehead atoms. The third kappa shape index (κ3) is 1.39. The molecule has 2 heterocycles. The van der Waals surface area contributed by atoms with E-state index in [1.165, 1.54) is 0 Å². The van der Waals surface area contributed by atoms with E-state index in [0.717, 1.165) is 5.56 Å². The highest BCUT2D eigenvalue weighted by molar-refractivity contribution is 7.07. The van der Waals surface area contributed by atoms with Crippen LogP contribution in [0.3, 0.4) is 0 Å². The molecule has 0 aromatic carbocycles. The second-order valence-electron chi connectivity index (χ2n) is 3.39. The van der Waals surface area contributed by atoms with E-state index in [1.807, 2.05) is 30.7 Å². The first kappa shape index (κ1) is 9.52. The monoisotopic (exact) mass is 211 g/mol. The van der Waals surface area contributed by atoms with E-state index in [9.17, 15) is 4.79 Å². The van der Waals surface area contributed by atoms with Crippen LogP contribution in [-0.4, -0.2) is 23.6 Å². The molecule has 0 N–H and O–H groups in total. The molecule has 1 aliphatic rings. The average molecular weight is 211 g/mol. The summed E-state index contributed by atoms with van der Waals surface area (Å²) in [6, 6.07) is 2.15. The third-order valence-electron chi connectivity index (χ3n) is 2.60. The first-order valence-electron chi connectivity index (χ1n) is 4.73. The predicted molar refractivity (Wildman–Crippen MR) is 55.4 cm³/mol. The summed E-state index contributed by atoms with van der Waals surface area (Å²) in [6.07, 6.45) is -0.287. The number of hydrogen-bond donors (Lipinski definition) is 0. The van der Waals surface area contributed by atoms with E-state index in [-0.39, 0.29) is 18.2 Å². The van der Waals surface area contributed by atoms with Gasteiger partial charge in [0.2, 0.25) is 0 Å². The van der Waals surface area contributed by atoms with Crippen LogP contribution in [0.4, 0.5) is 4.79 Å². The van der Waals surface area contributed by atoms with Crippen molar-refractivity contribution >= 4 is 17.4 Å². The molecule has 1 fully saturated rings. The van der Waals surface area contributed by atoms with E-state index in [2.05, 4.69) is 0 Å². The topological polar surface area (TPSA) is 29.5 Å². The van der Waals surface area contributed by atoms with Crippen LogP contribution in [0.25, 0.3) is 0 Å². The number of rotatable bonds is 2. The first-order valence-corrected chi connectivity index (χ1v) is 5.67. The van der Waals surface area contributed by atoms with E-state index < -0.39 is 0 Å². The second-order valence-corrected chi connectivity index (χ2v) is 4.17. The van der Waals surface area contributed by atoms with Crippen LogP contribution in [-0.2, 0) is 4.74 Å². The Balaban J connectivity index is 2.21. The molecular weight excluding hydrogens is 198 g/mol. The summed E-state index contributed by atoms with van der Waals surface area (Å²) in [7, 11) is 0. The lowest BCUT2D eigenvalue weighted by Crippen LogP contribution is -2.31. The average Bonchev–Trinajstić information content (AvgIpc) is 2.74. The van der Waals surface area contributed by atoms with Gasteiger partial charge in [-0.2, -0.15) is 11.3 Å². The molecule has 1 aromatic rings. The normalized spacial score (nSPS) is 26.7. The Morgan fingerprint density at radius 1 is 1.64 bits per heavy atom. The molecule has 1 aromatic heterocycles. The van der Waals surface area contributed by atoms with Gasteiger partial charge in [-0.3, -0.25) is 0 Å². The van der Waals surface area contributed by atoms with Gasteiger partial charge in [0.25, 0.3) is 0 Å². The summed E-state index contributed by atoms with van der Waals surface area (Å²) >= 11 is 1.63. The van der Waals surface area contributed by atoms with Crippen molar-refractivity contribution in [3.63, 3.8) is 0 Å². The number of nitrogens with zero attached hydrogens (tertiary/aromatic N) is 1. The van der Waals surface area contributed by atoms with Gasteiger partial charge in [-0.15, -0.1) is 0 Å². The van der Waals surface area contributed by atoms with Gasteiger partial charge in [-0.05, 0) is 30.7 Å². The van der Waals surface area contributed by atoms with Gasteiger partial charge in [0, 0.05) is 12.1 Å². The van der Waals surface area contributed by atoms with Gasteiger partial charge in [0.1, 0.15) is 6.10 Å². The zero-order chi connectivity index (χ0) is 10.1. The highest BCUT2D eigenvalue weighted by Gasteiger charge is 2.38. The lowest BCUT2D eigenvalue weighted by Gasteiger charge is -2.18. The largest absolute Gasteiger partial charge is 0.439 e. The summed E-state index contributed by atoms with van der Waals surface area (Å²) in [4.78, 5) is 13.2. The van der Waals surface area contributed by atoms with Gasteiger partial charge in [0.05, 0.1) is 6.04 Å². The molecule has 0 spiro atoms. The minimum atomic E-state index is -0.198. The molecule has 0 saturated carbocycles. The van der Waals surface area contributed by atoms with Crippen LogP contribution in [0.15, 0.2) is 16.8 Å². The van der Waals surface area contributed by atoms with Crippen LogP contribution in [0.5, 0.6) is 0 Å². The highest BCUT2D eigenvalue weighted by Crippen LogP contribution is 2.32. The predicted octanol–water partition coefficient (Wildman–Crippen LogP) is 2.65. The van der Waals surface area contributed by atoms with Crippen LogP contribution >= 0.6 is 11.3 Å². The first-order chi connectivity index (χ1) is 6.74. The Labute approximate surface area is 87.3 Å². The van der Waals surface area contributed by atoms with Crippen LogP contribution < -0.4 is 0 Å². The van der Waals surface area contributed by atoms with Crippen molar-refractivity contribution in [3.05, 3.63) is 22.4 Å². The second kappa shape index (κ2) is 3.61. The van der Waals surface area contributed by atoms with Crippen molar-refractivity contribution in [2.45, 2.75) is 26.0 Å². The zero-order valence-corrected chi connectivity index (χ0v) is 9.08. The number of cyclic esters (lactones) is 1. The van der Waals surface area contributed by atoms with Crippen molar-refractivity contribution in [1.29, 1.82) is 0 Å². The Bertz CT molecular complexity index is 323. The van der Waals surface area contributed by atoms with Crippen LogP contribution in [0.2, 0.25) is 0 Å². The fourth-order valence-electron chi connectivity index (χ4n) is 1.81. The van der Waals surface area contributed by atoms with Crippen molar-refractivity contribution < 1.29 is 9.53 Å². The minimum absolute atomic E-state index is 0.0892. The summed E-state index contributed by atoms with van der Waals surface area (Å²) in [5.41, 5.74) is 1.10. The van der Waals surface area contributed by atoms with E-state index in [4.69, 9.17) is 4.74 Å². The van der Waals surface area contributed by atoms with E-state index in [0.29, 0.717) is 6.54 Å². The van der Waals surface area contributed by atoms with Crippen LogP contribution in [0.1, 0.15) is 25.5 Å². The molecule has 0 radical (unpaired) electrons. The lowest BCUT2D eigenvalue weighted by atomic mass is 10.1. The maximum absolute atomic E-state index is 11.4. The minimum Gasteiger partial charge on any atom is -0.439 e. The number of carbonyl (C=O) groups is 1. The summed E-state index contributed by atoms with van der Waals surface area (Å²) in [5.74, 6) is 0. The van der Waals surface area contributed by atoms with Crippen molar-refractivity contribution in [1.82, 2.24) is 4.90 Å². The quantitative estimate of drug-likeness (QED) is 0.752. The van der Waals surface area contributed by atoms with E-state index >= 15 is 0 Å². The van der Waals surface area contributed by atoms with Crippen molar-refractivity contribution in [2.75, 3.05) is 6.54 Å². The Kier molecular flexibility index (Phi) is 2.46. The molecular formula is C10H13NO2S. The van der Waals surface area contributed by atoms with Gasteiger partial charge in [0.15, 0.2) is 0 Å². The third-order valence-corrected chi connectivity index (χ3v) is 3.31. The van der Waals surface area contributed by atoms with Gasteiger partial charge < -0.3 is 9.64 Å². The van der Waals surface area contributed by atoms with Gasteiger partial charge >= 0.3 is 6.09 Å². The molecule has 2 rings (SSSR count). The van der Waals surface area contributed by atoms with Gasteiger partial charge in [-0.1, -0.05) is 0 Å². The lowest BCUT2D eigenvalue weighted by molar-refractivity contribution is 0.131. The molecule has 76 valence electrons. The number of likely N-dealkylation sites (N-methyl/N-ethyl adjacent to an activating group) is 1. The SMILES string of the molecule is CCN1C(=O)O[C@H](c2ccsc2)[C@@H]1C. The van der Waals surface area contributed by atoms with Crippen LogP contribution in [0, 0.1) is 0 Å². The summed E-state index contributed by atoms with van der Waals surface area (Å²) in [5, 5.41) is 4.04. The fourth-order valence-corrected chi connectivity index (χ4v) is 2.49. The fraction of sp³-hybridized carbons (Fsp3) is 0.500. The number of thiophene rings is 1. The molecule has 3 nitrogen and oxygen atoms in total. The van der Waals surface area contributed by atoms with Crippen molar-refractivity contribution in [3.8, 4) is 0 Å². The maximum atomic E-state index is 11.4. The highest BCUT2D eigenvalue weighted by atomic mass is 32.1. The standard InChI is InChI=1S/C10H13NO2S/c1-3-11-7(2)9(13-10(11)12)8-4-5-14-6-8/h4-7,9H,3H2,1-2H3/t7-,9-/m0/s1. The Morgan fingerprint density at radius 3 is 2.93 bits per heavy atom. The van der Waals surface area contributed by atoms with Crippen molar-refractivity contribution in [2.24, 2.45) is 0 Å². The molecule has 14 heavy (non-hydrogen) atoms. The summed E-state index contributed by atoms with van der Waals surface area (Å²) in [6.45, 7) is 4.70. The molecule has 4 heteroatoms. The smallest absolute Gasteiger partial charge is 0.410 e. The zero-order valence-electron chi connectivity index (χ0n) is 8.27. The molecule has 1 aliphatic heterocycles. The van der Waals surface area contributed by atoms with E-state index in [1.54, 1.807) is 16.2 Å². The Hall–Kier alpha value is -1.03. The molecule has 0 unspecified atom stereocenters. The summed E-state index contributed by atoms with van der Waals surface area (Å²) < 4.78 is 5.32. The van der Waals surface area contributed by atoms with Gasteiger partial charge in [-0.25, -0.2) is 4.79 Å². The molecule has 2 atom stereocenters. The molecule has 1 amide bonds. The Morgan fingerprint density at radius 2 is 2.43 bits per heavy atom. The molecule has 0 aliphatic carbocycles. The number of hydrogen-bond acceptors (Lipinski definition) is 3. The maximum Gasteiger partial charge on any atom is 0.410 e. The number of carbonyl (C=O) groups excluding carboxylic acids is 1. The number of ether oxygens (including phenoxy) is 1.